The lowest BCUT2D eigenvalue weighted by Crippen LogP contribution is -2.46. The Morgan fingerprint density at radius 2 is 1.83 bits per heavy atom. The van der Waals surface area contributed by atoms with E-state index in [0.717, 1.165) is 31.7 Å². The van der Waals surface area contributed by atoms with Crippen molar-refractivity contribution in [2.24, 2.45) is 0 Å². The zero-order chi connectivity index (χ0) is 16.4. The normalized spacial score (nSPS) is 30.5. The van der Waals surface area contributed by atoms with Crippen LogP contribution >= 0.6 is 0 Å². The Labute approximate surface area is 141 Å². The minimum atomic E-state index is 0.347. The fourth-order valence-electron chi connectivity index (χ4n) is 4.48. The minimum Gasteiger partial charge on any atom is -0.490 e. The van der Waals surface area contributed by atoms with Crippen LogP contribution in [0.3, 0.4) is 0 Å². The molecular formula is C20H32N2O. The Morgan fingerprint density at radius 1 is 1.13 bits per heavy atom. The molecule has 1 saturated heterocycles. The fourth-order valence-corrected chi connectivity index (χ4v) is 4.48. The zero-order valence-electron chi connectivity index (χ0n) is 15.1. The molecule has 128 valence electrons. The van der Waals surface area contributed by atoms with Crippen LogP contribution in [0.1, 0.15) is 64.1 Å². The number of aryl methyl sites for hydroxylation is 1. The molecule has 1 heterocycles. The molecule has 3 rings (SSSR count). The predicted molar refractivity (Wildman–Crippen MR) is 96.1 cm³/mol. The first-order valence-corrected chi connectivity index (χ1v) is 9.40. The summed E-state index contributed by atoms with van der Waals surface area (Å²) in [5, 5.41) is 3.58. The average molecular weight is 316 g/mol. The van der Waals surface area contributed by atoms with E-state index in [4.69, 9.17) is 4.74 Å². The SMILES string of the molecule is CCN(CC)C1CCc2cc(OC3CC(C)NC(C)C3)ccc21. The molecule has 0 amide bonds. The van der Waals surface area contributed by atoms with Crippen molar-refractivity contribution in [3.05, 3.63) is 29.3 Å². The van der Waals surface area contributed by atoms with Crippen LogP contribution in [0.4, 0.5) is 0 Å². The van der Waals surface area contributed by atoms with E-state index in [0.29, 0.717) is 24.2 Å². The summed E-state index contributed by atoms with van der Waals surface area (Å²) in [6.45, 7) is 11.3. The van der Waals surface area contributed by atoms with Crippen LogP contribution in [0, 0.1) is 0 Å². The van der Waals surface area contributed by atoms with Gasteiger partial charge in [-0.05, 0) is 75.9 Å². The molecule has 0 saturated carbocycles. The largest absolute Gasteiger partial charge is 0.490 e. The average Bonchev–Trinajstić information content (AvgIpc) is 2.91. The number of rotatable bonds is 5. The first-order chi connectivity index (χ1) is 11.1. The maximum Gasteiger partial charge on any atom is 0.120 e. The third-order valence-electron chi connectivity index (χ3n) is 5.52. The van der Waals surface area contributed by atoms with E-state index in [1.54, 1.807) is 0 Å². The van der Waals surface area contributed by atoms with Crippen molar-refractivity contribution in [1.29, 1.82) is 0 Å². The number of nitrogens with one attached hydrogen (secondary N) is 1. The quantitative estimate of drug-likeness (QED) is 0.891. The highest BCUT2D eigenvalue weighted by Gasteiger charge is 2.28. The molecule has 0 spiro atoms. The number of piperidine rings is 1. The monoisotopic (exact) mass is 316 g/mol. The lowest BCUT2D eigenvalue weighted by Gasteiger charge is -2.33. The molecule has 0 radical (unpaired) electrons. The number of fused-ring (bicyclic) bond motifs is 1. The van der Waals surface area contributed by atoms with Crippen molar-refractivity contribution in [2.75, 3.05) is 13.1 Å². The molecule has 1 aromatic rings. The van der Waals surface area contributed by atoms with E-state index < -0.39 is 0 Å². The van der Waals surface area contributed by atoms with Crippen LogP contribution in [-0.2, 0) is 6.42 Å². The van der Waals surface area contributed by atoms with Crippen LogP contribution < -0.4 is 10.1 Å². The lowest BCUT2D eigenvalue weighted by atomic mass is 9.97. The van der Waals surface area contributed by atoms with Crippen molar-refractivity contribution in [3.8, 4) is 5.75 Å². The third-order valence-corrected chi connectivity index (χ3v) is 5.52. The predicted octanol–water partition coefficient (Wildman–Crippen LogP) is 3.92. The van der Waals surface area contributed by atoms with Gasteiger partial charge in [0.15, 0.2) is 0 Å². The fraction of sp³-hybridized carbons (Fsp3) is 0.700. The van der Waals surface area contributed by atoms with Crippen molar-refractivity contribution in [2.45, 2.75) is 77.6 Å². The molecule has 23 heavy (non-hydrogen) atoms. The molecule has 1 N–H and O–H groups in total. The molecule has 3 atom stereocenters. The van der Waals surface area contributed by atoms with Gasteiger partial charge in [0.25, 0.3) is 0 Å². The summed E-state index contributed by atoms with van der Waals surface area (Å²) in [4.78, 5) is 2.57. The molecule has 1 aliphatic carbocycles. The summed E-state index contributed by atoms with van der Waals surface area (Å²) in [5.41, 5.74) is 3.02. The van der Waals surface area contributed by atoms with Gasteiger partial charge >= 0.3 is 0 Å². The van der Waals surface area contributed by atoms with Gasteiger partial charge in [-0.15, -0.1) is 0 Å². The number of ether oxygens (including phenoxy) is 1. The number of hydrogen-bond donors (Lipinski definition) is 1. The maximum atomic E-state index is 6.32. The summed E-state index contributed by atoms with van der Waals surface area (Å²) >= 11 is 0. The van der Waals surface area contributed by atoms with Gasteiger partial charge in [-0.2, -0.15) is 0 Å². The van der Waals surface area contributed by atoms with Gasteiger partial charge in [0.05, 0.1) is 0 Å². The number of nitrogens with zero attached hydrogens (tertiary/aromatic N) is 1. The first-order valence-electron chi connectivity index (χ1n) is 9.40. The number of hydrogen-bond acceptors (Lipinski definition) is 3. The van der Waals surface area contributed by atoms with E-state index in [-0.39, 0.29) is 0 Å². The second kappa shape index (κ2) is 7.23. The Bertz CT molecular complexity index is 516. The van der Waals surface area contributed by atoms with E-state index >= 15 is 0 Å². The summed E-state index contributed by atoms with van der Waals surface area (Å²) in [7, 11) is 0. The second-order valence-electron chi connectivity index (χ2n) is 7.32. The molecule has 3 heteroatoms. The van der Waals surface area contributed by atoms with Gasteiger partial charge < -0.3 is 10.1 Å². The van der Waals surface area contributed by atoms with Crippen LogP contribution in [0.2, 0.25) is 0 Å². The highest BCUT2D eigenvalue weighted by Crippen LogP contribution is 2.37. The Balaban J connectivity index is 1.70. The van der Waals surface area contributed by atoms with Gasteiger partial charge in [-0.1, -0.05) is 19.9 Å². The van der Waals surface area contributed by atoms with Crippen molar-refractivity contribution in [3.63, 3.8) is 0 Å². The van der Waals surface area contributed by atoms with Crippen molar-refractivity contribution >= 4 is 0 Å². The molecule has 0 aromatic heterocycles. The lowest BCUT2D eigenvalue weighted by molar-refractivity contribution is 0.123. The molecule has 3 unspecified atom stereocenters. The van der Waals surface area contributed by atoms with Crippen LogP contribution in [-0.4, -0.2) is 36.2 Å². The van der Waals surface area contributed by atoms with Crippen molar-refractivity contribution in [1.82, 2.24) is 10.2 Å². The standard InChI is InChI=1S/C20H32N2O/c1-5-22(6-2)20-10-7-16-13-17(8-9-19(16)20)23-18-11-14(3)21-15(4)12-18/h8-9,13-15,18,20-21H,5-7,10-12H2,1-4H3. The molecule has 0 bridgehead atoms. The Morgan fingerprint density at radius 3 is 2.48 bits per heavy atom. The van der Waals surface area contributed by atoms with E-state index in [2.05, 4.69) is 56.1 Å². The van der Waals surface area contributed by atoms with Crippen LogP contribution in [0.25, 0.3) is 0 Å². The molecule has 1 fully saturated rings. The summed E-state index contributed by atoms with van der Waals surface area (Å²) in [6, 6.07) is 8.51. The molecular weight excluding hydrogens is 284 g/mol. The summed E-state index contributed by atoms with van der Waals surface area (Å²) < 4.78 is 6.32. The van der Waals surface area contributed by atoms with Gasteiger partial charge in [0.2, 0.25) is 0 Å². The smallest absolute Gasteiger partial charge is 0.120 e. The highest BCUT2D eigenvalue weighted by molar-refractivity contribution is 5.40. The summed E-state index contributed by atoms with van der Waals surface area (Å²) in [6.07, 6.45) is 4.99. The minimum absolute atomic E-state index is 0.347. The summed E-state index contributed by atoms with van der Waals surface area (Å²) in [5.74, 6) is 1.07. The first kappa shape index (κ1) is 16.8. The molecule has 1 aromatic carbocycles. The Kier molecular flexibility index (Phi) is 5.27. The van der Waals surface area contributed by atoms with Gasteiger partial charge in [0.1, 0.15) is 11.9 Å². The topological polar surface area (TPSA) is 24.5 Å². The molecule has 1 aliphatic heterocycles. The van der Waals surface area contributed by atoms with Gasteiger partial charge in [0, 0.05) is 18.1 Å². The highest BCUT2D eigenvalue weighted by atomic mass is 16.5. The van der Waals surface area contributed by atoms with Crippen LogP contribution in [0.15, 0.2) is 18.2 Å². The molecule has 3 nitrogen and oxygen atoms in total. The molecule has 2 aliphatic rings. The van der Waals surface area contributed by atoms with Crippen molar-refractivity contribution < 1.29 is 4.74 Å². The van der Waals surface area contributed by atoms with Gasteiger partial charge in [-0.25, -0.2) is 0 Å². The van der Waals surface area contributed by atoms with E-state index in [1.165, 1.54) is 24.0 Å². The Hall–Kier alpha value is -1.06. The second-order valence-corrected chi connectivity index (χ2v) is 7.32. The van der Waals surface area contributed by atoms with E-state index in [1.807, 2.05) is 0 Å². The van der Waals surface area contributed by atoms with E-state index in [9.17, 15) is 0 Å². The zero-order valence-corrected chi connectivity index (χ0v) is 15.1. The third kappa shape index (κ3) is 3.72. The van der Waals surface area contributed by atoms with Crippen LogP contribution in [0.5, 0.6) is 5.75 Å². The maximum absolute atomic E-state index is 6.32. The van der Waals surface area contributed by atoms with Gasteiger partial charge in [-0.3, -0.25) is 4.90 Å². The number of benzene rings is 1.